The Labute approximate surface area is 88.0 Å². The fourth-order valence-corrected chi connectivity index (χ4v) is 0.972. The average molecular weight is 207 g/mol. The predicted molar refractivity (Wildman–Crippen MR) is 60.1 cm³/mol. The molecule has 0 bridgehead atoms. The quantitative estimate of drug-likeness (QED) is 0.458. The van der Waals surface area contributed by atoms with Crippen molar-refractivity contribution in [3.05, 3.63) is 34.4 Å². The maximum atomic E-state index is 10.4. The van der Waals surface area contributed by atoms with E-state index < -0.39 is 4.92 Å². The second kappa shape index (κ2) is 5.74. The van der Waals surface area contributed by atoms with E-state index in [0.717, 1.165) is 18.5 Å². The van der Waals surface area contributed by atoms with Gasteiger partial charge in [-0.3, -0.25) is 15.5 Å². The van der Waals surface area contributed by atoms with E-state index >= 15 is 0 Å². The van der Waals surface area contributed by atoms with Gasteiger partial charge >= 0.3 is 0 Å². The first-order valence-electron chi connectivity index (χ1n) is 4.76. The lowest BCUT2D eigenvalue weighted by Crippen LogP contribution is -1.91. The summed E-state index contributed by atoms with van der Waals surface area (Å²) >= 11 is 0. The summed E-state index contributed by atoms with van der Waals surface area (Å²) in [7, 11) is 0. The maximum absolute atomic E-state index is 10.4. The maximum Gasteiger partial charge on any atom is 0.269 e. The zero-order valence-electron chi connectivity index (χ0n) is 8.51. The molecule has 0 unspecified atom stereocenters. The Morgan fingerprint density at radius 1 is 1.47 bits per heavy atom. The summed E-state index contributed by atoms with van der Waals surface area (Å²) in [6.07, 6.45) is 3.74. The van der Waals surface area contributed by atoms with Crippen molar-refractivity contribution in [3.63, 3.8) is 0 Å². The van der Waals surface area contributed by atoms with Gasteiger partial charge in [0.05, 0.1) is 10.6 Å². The van der Waals surface area contributed by atoms with Gasteiger partial charge in [0.1, 0.15) is 0 Å². The molecule has 0 amide bonds. The van der Waals surface area contributed by atoms with Crippen molar-refractivity contribution >= 4 is 17.6 Å². The number of hydrazone groups is 1. The van der Waals surface area contributed by atoms with E-state index in [1.165, 1.54) is 12.1 Å². The minimum absolute atomic E-state index is 0.0816. The molecular formula is C10H13N3O2. The van der Waals surface area contributed by atoms with Crippen LogP contribution in [0.2, 0.25) is 0 Å². The number of benzene rings is 1. The second-order valence-corrected chi connectivity index (χ2v) is 3.02. The van der Waals surface area contributed by atoms with Crippen molar-refractivity contribution in [1.29, 1.82) is 0 Å². The third-order valence-corrected chi connectivity index (χ3v) is 1.78. The first kappa shape index (κ1) is 11.2. The molecule has 1 N–H and O–H groups in total. The third-order valence-electron chi connectivity index (χ3n) is 1.78. The lowest BCUT2D eigenvalue weighted by molar-refractivity contribution is -0.384. The van der Waals surface area contributed by atoms with Crippen molar-refractivity contribution < 1.29 is 4.92 Å². The average Bonchev–Trinajstić information content (AvgIpc) is 2.25. The summed E-state index contributed by atoms with van der Waals surface area (Å²) in [5.41, 5.74) is 3.62. The Balaban J connectivity index is 2.53. The summed E-state index contributed by atoms with van der Waals surface area (Å²) in [6.45, 7) is 2.07. The predicted octanol–water partition coefficient (Wildman–Crippen LogP) is 2.79. The standard InChI is InChI=1S/C10H13N3O2/c1-2-3-8-11-12-9-4-6-10(7-5-9)13(14)15/h4-8,12H,2-3H2,1H3. The van der Waals surface area contributed by atoms with E-state index in [0.29, 0.717) is 0 Å². The highest BCUT2D eigenvalue weighted by molar-refractivity contribution is 5.59. The van der Waals surface area contributed by atoms with Crippen molar-refractivity contribution in [2.45, 2.75) is 19.8 Å². The SMILES string of the molecule is CCCC=NNc1ccc([N+](=O)[O-])cc1. The molecule has 0 heterocycles. The fourth-order valence-electron chi connectivity index (χ4n) is 0.972. The van der Waals surface area contributed by atoms with Crippen LogP contribution in [0.15, 0.2) is 29.4 Å². The van der Waals surface area contributed by atoms with Crippen LogP contribution in [0.25, 0.3) is 0 Å². The molecule has 5 heteroatoms. The summed E-state index contributed by atoms with van der Waals surface area (Å²) in [5.74, 6) is 0. The van der Waals surface area contributed by atoms with Gasteiger partial charge in [-0.15, -0.1) is 0 Å². The van der Waals surface area contributed by atoms with Crippen LogP contribution in [0.4, 0.5) is 11.4 Å². The van der Waals surface area contributed by atoms with E-state index in [-0.39, 0.29) is 5.69 Å². The molecule has 1 rings (SSSR count). The molecule has 0 aliphatic heterocycles. The fraction of sp³-hybridized carbons (Fsp3) is 0.300. The molecule has 0 aliphatic carbocycles. The Morgan fingerprint density at radius 2 is 2.13 bits per heavy atom. The summed E-state index contributed by atoms with van der Waals surface area (Å²) in [6, 6.07) is 6.14. The number of hydrogen-bond acceptors (Lipinski definition) is 4. The Morgan fingerprint density at radius 3 is 2.67 bits per heavy atom. The molecule has 0 radical (unpaired) electrons. The summed E-state index contributed by atoms with van der Waals surface area (Å²) < 4.78 is 0. The largest absolute Gasteiger partial charge is 0.279 e. The van der Waals surface area contributed by atoms with Gasteiger partial charge in [0.15, 0.2) is 0 Å². The molecule has 0 saturated heterocycles. The number of nitro benzene ring substituents is 1. The van der Waals surface area contributed by atoms with Gasteiger partial charge in [-0.05, 0) is 18.6 Å². The number of anilines is 1. The Kier molecular flexibility index (Phi) is 4.28. The molecule has 0 saturated carbocycles. The number of nitro groups is 1. The minimum Gasteiger partial charge on any atom is -0.279 e. The van der Waals surface area contributed by atoms with E-state index in [2.05, 4.69) is 17.5 Å². The highest BCUT2D eigenvalue weighted by Crippen LogP contribution is 2.14. The Hall–Kier alpha value is -1.91. The number of nitrogens with one attached hydrogen (secondary N) is 1. The zero-order chi connectivity index (χ0) is 11.1. The molecule has 5 nitrogen and oxygen atoms in total. The minimum atomic E-state index is -0.426. The number of nitrogens with zero attached hydrogens (tertiary/aromatic N) is 2. The van der Waals surface area contributed by atoms with Crippen LogP contribution >= 0.6 is 0 Å². The molecule has 0 aromatic heterocycles. The lowest BCUT2D eigenvalue weighted by atomic mass is 10.3. The van der Waals surface area contributed by atoms with Crippen molar-refractivity contribution in [1.82, 2.24) is 0 Å². The molecule has 15 heavy (non-hydrogen) atoms. The molecular weight excluding hydrogens is 194 g/mol. The molecule has 1 aromatic carbocycles. The first-order chi connectivity index (χ1) is 7.24. The highest BCUT2D eigenvalue weighted by Gasteiger charge is 2.02. The van der Waals surface area contributed by atoms with Crippen LogP contribution in [0, 0.1) is 10.1 Å². The van der Waals surface area contributed by atoms with Gasteiger partial charge in [-0.1, -0.05) is 13.3 Å². The van der Waals surface area contributed by atoms with Crippen molar-refractivity contribution in [2.24, 2.45) is 5.10 Å². The summed E-state index contributed by atoms with van der Waals surface area (Å²) in [4.78, 5) is 9.94. The number of hydrogen-bond donors (Lipinski definition) is 1. The third kappa shape index (κ3) is 3.76. The van der Waals surface area contributed by atoms with Crippen LogP contribution in [0.5, 0.6) is 0 Å². The lowest BCUT2D eigenvalue weighted by Gasteiger charge is -1.98. The van der Waals surface area contributed by atoms with Crippen LogP contribution in [-0.2, 0) is 0 Å². The number of rotatable bonds is 5. The molecule has 0 aliphatic rings. The van der Waals surface area contributed by atoms with Gasteiger partial charge in [0.2, 0.25) is 0 Å². The first-order valence-corrected chi connectivity index (χ1v) is 4.76. The monoisotopic (exact) mass is 207 g/mol. The molecule has 0 atom stereocenters. The van der Waals surface area contributed by atoms with Gasteiger partial charge in [0.25, 0.3) is 5.69 Å². The zero-order valence-corrected chi connectivity index (χ0v) is 8.51. The summed E-state index contributed by atoms with van der Waals surface area (Å²) in [5, 5.41) is 14.3. The normalized spacial score (nSPS) is 10.5. The van der Waals surface area contributed by atoms with Crippen LogP contribution in [0.3, 0.4) is 0 Å². The number of non-ortho nitro benzene ring substituents is 1. The van der Waals surface area contributed by atoms with Crippen molar-refractivity contribution in [2.75, 3.05) is 5.43 Å². The topological polar surface area (TPSA) is 67.5 Å². The second-order valence-electron chi connectivity index (χ2n) is 3.02. The van der Waals surface area contributed by atoms with Crippen molar-refractivity contribution in [3.8, 4) is 0 Å². The van der Waals surface area contributed by atoms with Gasteiger partial charge in [-0.2, -0.15) is 5.10 Å². The van der Waals surface area contributed by atoms with Gasteiger partial charge < -0.3 is 0 Å². The van der Waals surface area contributed by atoms with Gasteiger partial charge in [-0.25, -0.2) is 0 Å². The van der Waals surface area contributed by atoms with Crippen LogP contribution < -0.4 is 5.43 Å². The van der Waals surface area contributed by atoms with E-state index in [1.54, 1.807) is 18.3 Å². The number of unbranched alkanes of at least 4 members (excludes halogenated alkanes) is 1. The molecule has 80 valence electrons. The Bertz CT molecular complexity index is 346. The van der Waals surface area contributed by atoms with E-state index in [1.807, 2.05) is 0 Å². The van der Waals surface area contributed by atoms with Crippen LogP contribution in [0.1, 0.15) is 19.8 Å². The molecule has 0 fully saturated rings. The smallest absolute Gasteiger partial charge is 0.269 e. The molecule has 0 spiro atoms. The highest BCUT2D eigenvalue weighted by atomic mass is 16.6. The van der Waals surface area contributed by atoms with Crippen LogP contribution in [-0.4, -0.2) is 11.1 Å². The van der Waals surface area contributed by atoms with E-state index in [4.69, 9.17) is 0 Å². The van der Waals surface area contributed by atoms with E-state index in [9.17, 15) is 10.1 Å². The molecule has 1 aromatic rings. The van der Waals surface area contributed by atoms with Gasteiger partial charge in [0, 0.05) is 18.3 Å².